The molecule has 2 N–H and O–H groups in total. The molecule has 0 aromatic heterocycles. The van der Waals surface area contributed by atoms with Gasteiger partial charge in [0.1, 0.15) is 0 Å². The van der Waals surface area contributed by atoms with Crippen molar-refractivity contribution in [3.05, 3.63) is 23.8 Å². The maximum absolute atomic E-state index is 12.2. The minimum Gasteiger partial charge on any atom is -0.462 e. The minimum atomic E-state index is -0.265. The lowest BCUT2D eigenvalue weighted by Gasteiger charge is -2.34. The third-order valence-corrected chi connectivity index (χ3v) is 4.86. The molecule has 4 nitrogen and oxygen atoms in total. The van der Waals surface area contributed by atoms with Gasteiger partial charge in [-0.3, -0.25) is 0 Å². The minimum absolute atomic E-state index is 0.265. The highest BCUT2D eigenvalue weighted by Gasteiger charge is 2.37. The first-order chi connectivity index (χ1) is 10.2. The van der Waals surface area contributed by atoms with E-state index in [4.69, 9.17) is 10.5 Å². The molecule has 2 atom stereocenters. The Morgan fingerprint density at radius 2 is 2.14 bits per heavy atom. The van der Waals surface area contributed by atoms with Gasteiger partial charge < -0.3 is 15.4 Å². The van der Waals surface area contributed by atoms with E-state index >= 15 is 0 Å². The third-order valence-electron chi connectivity index (χ3n) is 4.86. The summed E-state index contributed by atoms with van der Waals surface area (Å²) in [4.78, 5) is 14.6. The number of hydrogen-bond donors (Lipinski definition) is 1. The molecule has 1 aromatic carbocycles. The van der Waals surface area contributed by atoms with Crippen molar-refractivity contribution in [2.24, 2.45) is 5.92 Å². The first-order valence-corrected chi connectivity index (χ1v) is 8.04. The van der Waals surface area contributed by atoms with E-state index in [1.54, 1.807) is 0 Å². The molecule has 1 aliphatic heterocycles. The molecule has 114 valence electrons. The Hall–Kier alpha value is -1.71. The molecule has 1 saturated carbocycles. The maximum Gasteiger partial charge on any atom is 0.340 e. The van der Waals surface area contributed by atoms with Crippen LogP contribution in [0.1, 0.15) is 49.4 Å². The molecule has 0 spiro atoms. The quantitative estimate of drug-likeness (QED) is 0.685. The van der Waals surface area contributed by atoms with E-state index in [0.717, 1.165) is 18.2 Å². The van der Waals surface area contributed by atoms with Crippen LogP contribution in [0.4, 0.5) is 11.4 Å². The number of carbonyl (C=O) groups excluding carboxylic acids is 1. The second-order valence-corrected chi connectivity index (χ2v) is 6.06. The second-order valence-electron chi connectivity index (χ2n) is 6.06. The topological polar surface area (TPSA) is 55.6 Å². The first-order valence-electron chi connectivity index (χ1n) is 8.04. The van der Waals surface area contributed by atoms with Crippen LogP contribution in [0.5, 0.6) is 0 Å². The number of nitrogen functional groups attached to an aromatic ring is 1. The van der Waals surface area contributed by atoms with Crippen molar-refractivity contribution in [3.8, 4) is 0 Å². The van der Waals surface area contributed by atoms with E-state index in [1.807, 2.05) is 25.1 Å². The van der Waals surface area contributed by atoms with Crippen molar-refractivity contribution in [2.45, 2.75) is 45.1 Å². The maximum atomic E-state index is 12.2. The average Bonchev–Trinajstić information content (AvgIpc) is 2.91. The molecule has 0 amide bonds. The highest BCUT2D eigenvalue weighted by Crippen LogP contribution is 2.42. The highest BCUT2D eigenvalue weighted by atomic mass is 16.5. The first kappa shape index (κ1) is 14.2. The summed E-state index contributed by atoms with van der Waals surface area (Å²) in [6.07, 6.45) is 6.34. The Morgan fingerprint density at radius 3 is 2.95 bits per heavy atom. The lowest BCUT2D eigenvalue weighted by molar-refractivity contribution is 0.0527. The number of carbonyl (C=O) groups is 1. The van der Waals surface area contributed by atoms with Crippen molar-refractivity contribution in [1.82, 2.24) is 0 Å². The predicted molar refractivity (Wildman–Crippen MR) is 84.5 cm³/mol. The largest absolute Gasteiger partial charge is 0.462 e. The molecule has 0 bridgehead atoms. The SMILES string of the molecule is CCOC(=O)c1cccc(N)c1N1CCC2CCCCC21. The molecular weight excluding hydrogens is 264 g/mol. The average molecular weight is 288 g/mol. The van der Waals surface area contributed by atoms with Crippen molar-refractivity contribution in [2.75, 3.05) is 23.8 Å². The van der Waals surface area contributed by atoms with E-state index in [-0.39, 0.29) is 5.97 Å². The molecule has 2 aliphatic rings. The van der Waals surface area contributed by atoms with E-state index in [1.165, 1.54) is 32.1 Å². The van der Waals surface area contributed by atoms with E-state index < -0.39 is 0 Å². The summed E-state index contributed by atoms with van der Waals surface area (Å²) < 4.78 is 5.20. The predicted octanol–water partition coefficient (Wildman–Crippen LogP) is 3.21. The molecule has 2 fully saturated rings. The fourth-order valence-corrected chi connectivity index (χ4v) is 3.94. The molecule has 4 heteroatoms. The van der Waals surface area contributed by atoms with Crippen LogP contribution in [0.2, 0.25) is 0 Å². The van der Waals surface area contributed by atoms with Crippen LogP contribution in [-0.4, -0.2) is 25.2 Å². The Labute approximate surface area is 126 Å². The monoisotopic (exact) mass is 288 g/mol. The van der Waals surface area contributed by atoms with Gasteiger partial charge in [0.25, 0.3) is 0 Å². The summed E-state index contributed by atoms with van der Waals surface area (Å²) >= 11 is 0. The number of nitrogens with two attached hydrogens (primary N) is 1. The molecule has 2 unspecified atom stereocenters. The third kappa shape index (κ3) is 2.59. The molecule has 1 aromatic rings. The summed E-state index contributed by atoms with van der Waals surface area (Å²) in [7, 11) is 0. The lowest BCUT2D eigenvalue weighted by atomic mass is 9.85. The number of esters is 1. The van der Waals surface area contributed by atoms with Gasteiger partial charge in [-0.05, 0) is 44.2 Å². The molecule has 0 radical (unpaired) electrons. The van der Waals surface area contributed by atoms with Crippen molar-refractivity contribution < 1.29 is 9.53 Å². The van der Waals surface area contributed by atoms with E-state index in [9.17, 15) is 4.79 Å². The van der Waals surface area contributed by atoms with Gasteiger partial charge in [0.05, 0.1) is 23.5 Å². The fraction of sp³-hybridized carbons (Fsp3) is 0.588. The number of hydrogen-bond acceptors (Lipinski definition) is 4. The smallest absolute Gasteiger partial charge is 0.340 e. The van der Waals surface area contributed by atoms with Crippen LogP contribution in [0.3, 0.4) is 0 Å². The highest BCUT2D eigenvalue weighted by molar-refractivity contribution is 5.99. The number of benzene rings is 1. The normalized spacial score (nSPS) is 24.7. The Bertz CT molecular complexity index is 530. The van der Waals surface area contributed by atoms with Crippen LogP contribution < -0.4 is 10.6 Å². The van der Waals surface area contributed by atoms with Gasteiger partial charge in [0.2, 0.25) is 0 Å². The zero-order valence-electron chi connectivity index (χ0n) is 12.7. The number of fused-ring (bicyclic) bond motifs is 1. The number of ether oxygens (including phenoxy) is 1. The molecule has 21 heavy (non-hydrogen) atoms. The summed E-state index contributed by atoms with van der Waals surface area (Å²) in [6.45, 7) is 3.21. The molecule has 3 rings (SSSR count). The molecular formula is C17H24N2O2. The van der Waals surface area contributed by atoms with Crippen LogP contribution in [0.15, 0.2) is 18.2 Å². The number of rotatable bonds is 3. The summed E-state index contributed by atoms with van der Waals surface area (Å²) in [6, 6.07) is 6.09. The molecule has 1 heterocycles. The summed E-state index contributed by atoms with van der Waals surface area (Å²) in [5, 5.41) is 0. The fourth-order valence-electron chi connectivity index (χ4n) is 3.94. The summed E-state index contributed by atoms with van der Waals surface area (Å²) in [5.41, 5.74) is 8.40. The van der Waals surface area contributed by atoms with Gasteiger partial charge >= 0.3 is 5.97 Å². The van der Waals surface area contributed by atoms with Crippen molar-refractivity contribution in [3.63, 3.8) is 0 Å². The van der Waals surface area contributed by atoms with Gasteiger partial charge in [-0.1, -0.05) is 18.9 Å². The zero-order valence-corrected chi connectivity index (χ0v) is 12.7. The number of nitrogens with zero attached hydrogens (tertiary/aromatic N) is 1. The van der Waals surface area contributed by atoms with Crippen molar-refractivity contribution in [1.29, 1.82) is 0 Å². The number of para-hydroxylation sites is 1. The van der Waals surface area contributed by atoms with Crippen LogP contribution in [0, 0.1) is 5.92 Å². The Balaban J connectivity index is 1.95. The van der Waals surface area contributed by atoms with Gasteiger partial charge in [0, 0.05) is 12.6 Å². The van der Waals surface area contributed by atoms with Crippen molar-refractivity contribution >= 4 is 17.3 Å². The van der Waals surface area contributed by atoms with E-state index in [2.05, 4.69) is 4.90 Å². The zero-order chi connectivity index (χ0) is 14.8. The van der Waals surface area contributed by atoms with Gasteiger partial charge in [-0.2, -0.15) is 0 Å². The van der Waals surface area contributed by atoms with Crippen LogP contribution in [-0.2, 0) is 4.74 Å². The molecule has 1 aliphatic carbocycles. The standard InChI is InChI=1S/C17H24N2O2/c1-2-21-17(20)13-7-5-8-14(18)16(13)19-11-10-12-6-3-4-9-15(12)19/h5,7-8,12,15H,2-4,6,9-11,18H2,1H3. The summed E-state index contributed by atoms with van der Waals surface area (Å²) in [5.74, 6) is 0.493. The number of anilines is 2. The van der Waals surface area contributed by atoms with Gasteiger partial charge in [0.15, 0.2) is 0 Å². The Morgan fingerprint density at radius 1 is 1.33 bits per heavy atom. The van der Waals surface area contributed by atoms with Gasteiger partial charge in [-0.25, -0.2) is 4.79 Å². The van der Waals surface area contributed by atoms with E-state index in [0.29, 0.717) is 23.9 Å². The Kier molecular flexibility index (Phi) is 4.04. The lowest BCUT2D eigenvalue weighted by Crippen LogP contribution is -2.36. The molecule has 1 saturated heterocycles. The second kappa shape index (κ2) is 5.96. The van der Waals surface area contributed by atoms with Crippen LogP contribution in [0.25, 0.3) is 0 Å². The van der Waals surface area contributed by atoms with Crippen LogP contribution >= 0.6 is 0 Å². The van der Waals surface area contributed by atoms with Gasteiger partial charge in [-0.15, -0.1) is 0 Å².